The number of rotatable bonds is 2. The quantitative estimate of drug-likeness (QED) is 0.581. The fourth-order valence-electron chi connectivity index (χ4n) is 3.33. The molecule has 0 saturated heterocycles. The molecule has 0 fully saturated rings. The summed E-state index contributed by atoms with van der Waals surface area (Å²) < 4.78 is 1.88. The standard InChI is InChI=1S/C19H18N6O4/c1-24-17(27)13(18(28)25(2)19(24)29)12-8-11(10-6-4-3-5-7-10)22-14-15(23-12)20-9-21-16(14)26/h3-7,9,11,22,27H,8H2,1-2H3,(H,20,21,26). The van der Waals surface area contributed by atoms with E-state index in [0.717, 1.165) is 14.7 Å². The summed E-state index contributed by atoms with van der Waals surface area (Å²) in [5.74, 6) is -0.394. The van der Waals surface area contributed by atoms with E-state index in [-0.39, 0.29) is 29.2 Å². The normalized spacial score (nSPS) is 15.8. The zero-order chi connectivity index (χ0) is 20.7. The van der Waals surface area contributed by atoms with Gasteiger partial charge < -0.3 is 15.4 Å². The van der Waals surface area contributed by atoms with Crippen molar-refractivity contribution in [3.05, 3.63) is 79.0 Å². The number of H-pyrrole nitrogens is 1. The predicted octanol–water partition coefficient (Wildman–Crippen LogP) is 0.551. The third kappa shape index (κ3) is 3.04. The summed E-state index contributed by atoms with van der Waals surface area (Å²) in [5, 5.41) is 13.7. The number of benzene rings is 1. The second kappa shape index (κ2) is 6.89. The summed E-state index contributed by atoms with van der Waals surface area (Å²) in [7, 11) is 2.69. The van der Waals surface area contributed by atoms with E-state index >= 15 is 0 Å². The highest BCUT2D eigenvalue weighted by Crippen LogP contribution is 2.32. The van der Waals surface area contributed by atoms with Gasteiger partial charge in [0.2, 0.25) is 5.88 Å². The Balaban J connectivity index is 1.99. The van der Waals surface area contributed by atoms with E-state index in [0.29, 0.717) is 0 Å². The van der Waals surface area contributed by atoms with Gasteiger partial charge in [-0.25, -0.2) is 14.8 Å². The second-order valence-electron chi connectivity index (χ2n) is 6.70. The van der Waals surface area contributed by atoms with Gasteiger partial charge >= 0.3 is 5.69 Å². The summed E-state index contributed by atoms with van der Waals surface area (Å²) in [4.78, 5) is 48.2. The Morgan fingerprint density at radius 3 is 2.55 bits per heavy atom. The van der Waals surface area contributed by atoms with Crippen LogP contribution < -0.4 is 22.1 Å². The lowest BCUT2D eigenvalue weighted by molar-refractivity contribution is 0.410. The molecule has 0 spiro atoms. The lowest BCUT2D eigenvalue weighted by Crippen LogP contribution is -2.40. The highest BCUT2D eigenvalue weighted by molar-refractivity contribution is 6.05. The molecular formula is C19H18N6O4. The van der Waals surface area contributed by atoms with Crippen molar-refractivity contribution in [1.82, 2.24) is 19.1 Å². The molecule has 148 valence electrons. The first-order valence-corrected chi connectivity index (χ1v) is 8.84. The van der Waals surface area contributed by atoms with Crippen molar-refractivity contribution in [2.45, 2.75) is 12.5 Å². The van der Waals surface area contributed by atoms with Gasteiger partial charge in [0.05, 0.1) is 18.1 Å². The Bertz CT molecular complexity index is 1300. The van der Waals surface area contributed by atoms with Gasteiger partial charge in [-0.05, 0) is 5.56 Å². The van der Waals surface area contributed by atoms with Gasteiger partial charge in [-0.3, -0.25) is 18.7 Å². The van der Waals surface area contributed by atoms with E-state index in [9.17, 15) is 19.5 Å². The molecule has 2 aromatic heterocycles. The van der Waals surface area contributed by atoms with Crippen molar-refractivity contribution in [2.75, 3.05) is 5.32 Å². The second-order valence-corrected chi connectivity index (χ2v) is 6.70. The number of aliphatic imine (C=N–C) groups is 1. The fourth-order valence-corrected chi connectivity index (χ4v) is 3.33. The Morgan fingerprint density at radius 2 is 1.83 bits per heavy atom. The van der Waals surface area contributed by atoms with E-state index in [2.05, 4.69) is 20.3 Å². The zero-order valence-corrected chi connectivity index (χ0v) is 15.7. The van der Waals surface area contributed by atoms with Crippen LogP contribution in [-0.4, -0.2) is 29.9 Å². The van der Waals surface area contributed by atoms with Crippen molar-refractivity contribution < 1.29 is 5.11 Å². The molecule has 3 N–H and O–H groups in total. The molecule has 3 heterocycles. The van der Waals surface area contributed by atoms with Gasteiger partial charge in [-0.15, -0.1) is 0 Å². The molecule has 0 amide bonds. The SMILES string of the molecule is Cn1c(O)c(C2=Nc3nc[nH]c(=O)c3NC(c3ccccc3)C2)c(=O)n(C)c1=O. The van der Waals surface area contributed by atoms with Gasteiger partial charge in [-0.2, -0.15) is 0 Å². The summed E-state index contributed by atoms with van der Waals surface area (Å²) in [5.41, 5.74) is -0.597. The largest absolute Gasteiger partial charge is 0.494 e. The number of anilines is 1. The van der Waals surface area contributed by atoms with Gasteiger partial charge in [0.1, 0.15) is 11.3 Å². The lowest BCUT2D eigenvalue weighted by Gasteiger charge is -2.19. The van der Waals surface area contributed by atoms with Crippen LogP contribution in [0.1, 0.15) is 23.6 Å². The van der Waals surface area contributed by atoms with Crippen molar-refractivity contribution in [1.29, 1.82) is 0 Å². The zero-order valence-electron chi connectivity index (χ0n) is 15.7. The molecule has 10 heteroatoms. The minimum atomic E-state index is -0.676. The maximum absolute atomic E-state index is 12.8. The first-order chi connectivity index (χ1) is 13.9. The Morgan fingerprint density at radius 1 is 1.10 bits per heavy atom. The number of nitrogens with zero attached hydrogens (tertiary/aromatic N) is 4. The van der Waals surface area contributed by atoms with E-state index in [4.69, 9.17) is 0 Å². The number of aromatic nitrogens is 4. The summed E-state index contributed by atoms with van der Waals surface area (Å²) in [6.45, 7) is 0. The average molecular weight is 394 g/mol. The van der Waals surface area contributed by atoms with E-state index in [1.807, 2.05) is 30.3 Å². The third-order valence-corrected chi connectivity index (χ3v) is 4.91. The average Bonchev–Trinajstić information content (AvgIpc) is 2.92. The van der Waals surface area contributed by atoms with Gasteiger partial charge in [-0.1, -0.05) is 30.3 Å². The Kier molecular flexibility index (Phi) is 4.38. The monoisotopic (exact) mass is 394 g/mol. The van der Waals surface area contributed by atoms with E-state index in [1.165, 1.54) is 20.4 Å². The van der Waals surface area contributed by atoms with Crippen molar-refractivity contribution in [3.63, 3.8) is 0 Å². The first kappa shape index (κ1) is 18.4. The van der Waals surface area contributed by atoms with Crippen molar-refractivity contribution in [3.8, 4) is 5.88 Å². The number of hydrogen-bond donors (Lipinski definition) is 3. The van der Waals surface area contributed by atoms with Gasteiger partial charge in [0.25, 0.3) is 11.1 Å². The van der Waals surface area contributed by atoms with Crippen LogP contribution in [0.25, 0.3) is 0 Å². The van der Waals surface area contributed by atoms with Crippen molar-refractivity contribution in [2.24, 2.45) is 19.1 Å². The number of aromatic hydroxyl groups is 1. The maximum atomic E-state index is 12.8. The molecular weight excluding hydrogens is 376 g/mol. The highest BCUT2D eigenvalue weighted by Gasteiger charge is 2.28. The van der Waals surface area contributed by atoms with Crippen molar-refractivity contribution >= 4 is 17.2 Å². The number of hydrogen-bond acceptors (Lipinski definition) is 7. The maximum Gasteiger partial charge on any atom is 0.333 e. The summed E-state index contributed by atoms with van der Waals surface area (Å²) in [6, 6.07) is 8.92. The molecule has 1 aliphatic rings. The first-order valence-electron chi connectivity index (χ1n) is 8.84. The topological polar surface area (TPSA) is 134 Å². The Labute approximate surface area is 163 Å². The molecule has 0 aliphatic carbocycles. The van der Waals surface area contributed by atoms with Crippen LogP contribution in [0.3, 0.4) is 0 Å². The summed E-state index contributed by atoms with van der Waals surface area (Å²) in [6.07, 6.45) is 1.40. The molecule has 29 heavy (non-hydrogen) atoms. The molecule has 1 unspecified atom stereocenters. The Hall–Kier alpha value is -3.95. The minimum Gasteiger partial charge on any atom is -0.494 e. The molecule has 0 bridgehead atoms. The molecule has 0 saturated carbocycles. The number of fused-ring (bicyclic) bond motifs is 1. The van der Waals surface area contributed by atoms with Crippen LogP contribution in [0.2, 0.25) is 0 Å². The van der Waals surface area contributed by atoms with Crippen LogP contribution in [-0.2, 0) is 14.1 Å². The molecule has 10 nitrogen and oxygen atoms in total. The van der Waals surface area contributed by atoms with Crippen LogP contribution in [0.4, 0.5) is 11.5 Å². The fraction of sp³-hybridized carbons (Fsp3) is 0.211. The molecule has 4 rings (SSSR count). The number of aromatic amines is 1. The minimum absolute atomic E-state index is 0.0949. The predicted molar refractivity (Wildman–Crippen MR) is 107 cm³/mol. The molecule has 1 atom stereocenters. The highest BCUT2D eigenvalue weighted by atomic mass is 16.3. The van der Waals surface area contributed by atoms with Crippen LogP contribution in [0, 0.1) is 0 Å². The lowest BCUT2D eigenvalue weighted by atomic mass is 9.98. The van der Waals surface area contributed by atoms with Gasteiger partial charge in [0.15, 0.2) is 5.82 Å². The van der Waals surface area contributed by atoms with Gasteiger partial charge in [0, 0.05) is 20.5 Å². The summed E-state index contributed by atoms with van der Waals surface area (Å²) >= 11 is 0. The third-order valence-electron chi connectivity index (χ3n) is 4.91. The van der Waals surface area contributed by atoms with Crippen LogP contribution in [0.5, 0.6) is 5.88 Å². The molecule has 1 aliphatic heterocycles. The molecule has 3 aromatic rings. The van der Waals surface area contributed by atoms with E-state index in [1.54, 1.807) is 0 Å². The smallest absolute Gasteiger partial charge is 0.333 e. The molecule has 1 aromatic carbocycles. The molecule has 0 radical (unpaired) electrons. The van der Waals surface area contributed by atoms with E-state index < -0.39 is 28.7 Å². The number of nitrogens with one attached hydrogen (secondary N) is 2. The van der Waals surface area contributed by atoms with Crippen LogP contribution in [0.15, 0.2) is 56.0 Å². The van der Waals surface area contributed by atoms with Crippen LogP contribution >= 0.6 is 0 Å².